The summed E-state index contributed by atoms with van der Waals surface area (Å²) in [5.41, 5.74) is 37.2. The Bertz CT molecular complexity index is 2290. The Morgan fingerprint density at radius 1 is 0.303 bits per heavy atom. The molecule has 0 unspecified atom stereocenters. The molecule has 0 saturated carbocycles. The Morgan fingerprint density at radius 2 is 0.530 bits per heavy atom. The summed E-state index contributed by atoms with van der Waals surface area (Å²) in [5, 5.41) is 3.79. The van der Waals surface area contributed by atoms with Crippen molar-refractivity contribution in [1.29, 1.82) is 0 Å². The Kier molecular flexibility index (Phi) is 23.5. The summed E-state index contributed by atoms with van der Waals surface area (Å²) >= 11 is 0. The zero-order chi connectivity index (χ0) is 49.8. The van der Waals surface area contributed by atoms with E-state index in [1.165, 1.54) is 145 Å². The lowest BCUT2D eigenvalue weighted by molar-refractivity contribution is 0.975. The molecular weight excluding hydrogens is 797 g/mol. The monoisotopic (exact) mass is 891 g/mol. The van der Waals surface area contributed by atoms with Crippen molar-refractivity contribution >= 4 is 22.7 Å². The van der Waals surface area contributed by atoms with E-state index in [0.29, 0.717) is 0 Å². The third kappa shape index (κ3) is 12.3. The molecule has 2 heterocycles. The highest BCUT2D eigenvalue weighted by Crippen LogP contribution is 2.47. The minimum Gasteiger partial charge on any atom is -0.355 e. The number of aryl methyl sites for hydroxylation is 2. The number of anilines is 4. The molecule has 0 bridgehead atoms. The van der Waals surface area contributed by atoms with Gasteiger partial charge in [-0.1, -0.05) is 121 Å². The quantitative estimate of drug-likeness (QED) is 0.163. The van der Waals surface area contributed by atoms with Crippen LogP contribution in [0.25, 0.3) is 0 Å². The van der Waals surface area contributed by atoms with Crippen LogP contribution >= 0.6 is 0 Å². The van der Waals surface area contributed by atoms with Gasteiger partial charge in [0.1, 0.15) is 0 Å². The van der Waals surface area contributed by atoms with Crippen LogP contribution in [0.4, 0.5) is 22.7 Å². The molecule has 0 amide bonds. The van der Waals surface area contributed by atoms with Crippen molar-refractivity contribution in [3.05, 3.63) is 183 Å². The van der Waals surface area contributed by atoms with E-state index in [4.69, 9.17) is 0 Å². The predicted octanol–water partition coefficient (Wildman–Crippen LogP) is 19.3. The van der Waals surface area contributed by atoms with E-state index < -0.39 is 0 Å². The average molecular weight is 891 g/mol. The largest absolute Gasteiger partial charge is 0.355 e. The van der Waals surface area contributed by atoms with E-state index >= 15 is 0 Å². The summed E-state index contributed by atoms with van der Waals surface area (Å²) in [6, 6.07) is 20.5. The first-order chi connectivity index (χ1) is 30.7. The minimum atomic E-state index is 0. The first kappa shape index (κ1) is 58.9. The molecule has 6 aromatic rings. The Balaban J connectivity index is 0.000000466. The lowest BCUT2D eigenvalue weighted by Gasteiger charge is -2.37. The van der Waals surface area contributed by atoms with Crippen LogP contribution < -0.4 is 10.2 Å². The number of hydrogen-bond donors (Lipinski definition) is 1. The standard InChI is InChI=1S/C22H29N.C21H27N.2C7H8.3C2H6.CH4/c1-11-13(3)17(7)21-19(15(11)5)10-20-16(6)12(2)14(4)18(8)22(20)23(21)9;1-10-12(3)16(7)20-18(14(10)5)9-19-15(6)11(2)13(4)17(8)21(19)22-20;2*1-7-5-3-2-4-6-7;3*1-2;/h10H2,1-9H3;22H,9H2,1-8H3;2*2-6H,1H3;3*1-2H3;1H4. The van der Waals surface area contributed by atoms with E-state index in [9.17, 15) is 0 Å². The van der Waals surface area contributed by atoms with E-state index in [-0.39, 0.29) is 7.43 Å². The molecule has 66 heavy (non-hydrogen) atoms. The van der Waals surface area contributed by atoms with Gasteiger partial charge in [-0.05, 0) is 236 Å². The van der Waals surface area contributed by atoms with Crippen molar-refractivity contribution in [2.75, 3.05) is 17.3 Å². The molecule has 2 heteroatoms. The van der Waals surface area contributed by atoms with Gasteiger partial charge in [-0.3, -0.25) is 0 Å². The van der Waals surface area contributed by atoms with Gasteiger partial charge in [0.15, 0.2) is 0 Å². The second-order valence-corrected chi connectivity index (χ2v) is 17.7. The van der Waals surface area contributed by atoms with Crippen molar-refractivity contribution in [1.82, 2.24) is 0 Å². The van der Waals surface area contributed by atoms with Crippen LogP contribution in [-0.4, -0.2) is 7.05 Å². The summed E-state index contributed by atoms with van der Waals surface area (Å²) in [4.78, 5) is 2.46. The van der Waals surface area contributed by atoms with Crippen LogP contribution in [0.2, 0.25) is 0 Å². The number of rotatable bonds is 0. The zero-order valence-corrected chi connectivity index (χ0v) is 46.1. The molecule has 1 N–H and O–H groups in total. The smallest absolute Gasteiger partial charge is 0.0479 e. The zero-order valence-electron chi connectivity index (χ0n) is 46.1. The summed E-state index contributed by atoms with van der Waals surface area (Å²) in [5.74, 6) is 0. The predicted molar refractivity (Wildman–Crippen MR) is 302 cm³/mol. The summed E-state index contributed by atoms with van der Waals surface area (Å²) in [6.07, 6.45) is 2.12. The van der Waals surface area contributed by atoms with Crippen LogP contribution in [0.15, 0.2) is 60.7 Å². The van der Waals surface area contributed by atoms with Crippen LogP contribution in [-0.2, 0) is 12.8 Å². The number of nitrogens with zero attached hydrogens (tertiary/aromatic N) is 1. The molecule has 0 spiro atoms. The van der Waals surface area contributed by atoms with Crippen LogP contribution in [0.1, 0.15) is 171 Å². The van der Waals surface area contributed by atoms with Crippen molar-refractivity contribution in [3.8, 4) is 0 Å². The molecule has 0 saturated heterocycles. The first-order valence-corrected chi connectivity index (χ1v) is 24.6. The molecule has 8 rings (SSSR count). The van der Waals surface area contributed by atoms with Crippen LogP contribution in [0.3, 0.4) is 0 Å². The highest BCUT2D eigenvalue weighted by Gasteiger charge is 2.29. The normalized spacial score (nSPS) is 11.0. The molecule has 360 valence electrons. The van der Waals surface area contributed by atoms with E-state index in [1.54, 1.807) is 0 Å². The third-order valence-electron chi connectivity index (χ3n) is 14.7. The van der Waals surface area contributed by atoms with E-state index in [0.717, 1.165) is 12.8 Å². The second kappa shape index (κ2) is 26.3. The second-order valence-electron chi connectivity index (χ2n) is 17.7. The molecule has 2 nitrogen and oxygen atoms in total. The molecule has 0 aliphatic carbocycles. The van der Waals surface area contributed by atoms with Gasteiger partial charge in [0.25, 0.3) is 0 Å². The maximum Gasteiger partial charge on any atom is 0.0479 e. The van der Waals surface area contributed by atoms with Gasteiger partial charge in [0.05, 0.1) is 0 Å². The number of fused-ring (bicyclic) bond motifs is 4. The van der Waals surface area contributed by atoms with Gasteiger partial charge in [0.2, 0.25) is 0 Å². The summed E-state index contributed by atoms with van der Waals surface area (Å²) < 4.78 is 0. The molecule has 0 atom stereocenters. The van der Waals surface area contributed by atoms with Gasteiger partial charge < -0.3 is 10.2 Å². The molecular formula is C64H94N2. The maximum atomic E-state index is 3.79. The lowest BCUT2D eigenvalue weighted by atomic mass is 9.81. The van der Waals surface area contributed by atoms with E-state index in [1.807, 2.05) is 77.9 Å². The van der Waals surface area contributed by atoms with Gasteiger partial charge in [0, 0.05) is 42.6 Å². The van der Waals surface area contributed by atoms with Gasteiger partial charge in [-0.15, -0.1) is 0 Å². The van der Waals surface area contributed by atoms with E-state index in [2.05, 4.69) is 166 Å². The van der Waals surface area contributed by atoms with Crippen LogP contribution in [0.5, 0.6) is 0 Å². The molecule has 0 aromatic heterocycles. The third-order valence-corrected chi connectivity index (χ3v) is 14.7. The van der Waals surface area contributed by atoms with Gasteiger partial charge >= 0.3 is 0 Å². The first-order valence-electron chi connectivity index (χ1n) is 24.6. The van der Waals surface area contributed by atoms with Crippen molar-refractivity contribution in [3.63, 3.8) is 0 Å². The minimum absolute atomic E-state index is 0. The molecule has 6 aromatic carbocycles. The highest BCUT2D eigenvalue weighted by atomic mass is 15.1. The lowest BCUT2D eigenvalue weighted by Crippen LogP contribution is -2.24. The van der Waals surface area contributed by atoms with Gasteiger partial charge in [-0.25, -0.2) is 0 Å². The summed E-state index contributed by atoms with van der Waals surface area (Å²) in [6.45, 7) is 52.4. The Morgan fingerprint density at radius 3 is 0.788 bits per heavy atom. The maximum absolute atomic E-state index is 3.79. The summed E-state index contributed by atoms with van der Waals surface area (Å²) in [7, 11) is 2.25. The SMILES string of the molecule is C.CC.CC.CC.Cc1c(C)c(C)c2c(c1C)Cc1c(C)c(C)c(C)c(C)c1N2.Cc1c(C)c(C)c2c(c1C)Cc1c(C)c(C)c(C)c(C)c1N2C.Cc1ccccc1.Cc1ccccc1. The van der Waals surface area contributed by atoms with Crippen LogP contribution in [0, 0.1) is 125 Å². The van der Waals surface area contributed by atoms with Crippen molar-refractivity contribution in [2.45, 2.75) is 186 Å². The number of nitrogens with one attached hydrogen (secondary N) is 1. The van der Waals surface area contributed by atoms with Gasteiger partial charge in [-0.2, -0.15) is 0 Å². The topological polar surface area (TPSA) is 15.3 Å². The molecule has 2 aliphatic heterocycles. The highest BCUT2D eigenvalue weighted by molar-refractivity contribution is 5.83. The van der Waals surface area contributed by atoms with Crippen molar-refractivity contribution < 1.29 is 0 Å². The fraction of sp³-hybridized carbons (Fsp3) is 0.438. The van der Waals surface area contributed by atoms with Crippen molar-refractivity contribution in [2.24, 2.45) is 0 Å². The fourth-order valence-corrected chi connectivity index (χ4v) is 9.30. The average Bonchev–Trinajstić information content (AvgIpc) is 3.33. The number of hydrogen-bond acceptors (Lipinski definition) is 2. The number of benzene rings is 6. The molecule has 0 radical (unpaired) electrons. The fourth-order valence-electron chi connectivity index (χ4n) is 9.30. The molecule has 2 aliphatic rings. The molecule has 0 fully saturated rings. The Labute approximate surface area is 407 Å². The Hall–Kier alpha value is -5.08.